The molecule has 2 aromatic carbocycles. The summed E-state index contributed by atoms with van der Waals surface area (Å²) in [4.78, 5) is 22.6. The van der Waals surface area contributed by atoms with Crippen molar-refractivity contribution in [1.29, 1.82) is 0 Å². The van der Waals surface area contributed by atoms with Crippen molar-refractivity contribution < 1.29 is 13.9 Å². The minimum Gasteiger partial charge on any atom is -0.494 e. The van der Waals surface area contributed by atoms with Crippen molar-refractivity contribution in [2.75, 3.05) is 38.4 Å². The molecular weight excluding hydrogens is 453 g/mol. The quantitative estimate of drug-likeness (QED) is 0.491. The maximum atomic E-state index is 14.1. The zero-order valence-electron chi connectivity index (χ0n) is 16.7. The predicted octanol–water partition coefficient (Wildman–Crippen LogP) is 4.50. The maximum absolute atomic E-state index is 14.1. The Kier molecular flexibility index (Phi) is 6.96. The first kappa shape index (κ1) is 21.7. The van der Waals surface area contributed by atoms with Gasteiger partial charge in [0.05, 0.1) is 18.3 Å². The summed E-state index contributed by atoms with van der Waals surface area (Å²) in [6, 6.07) is 10.9. The van der Waals surface area contributed by atoms with Gasteiger partial charge < -0.3 is 20.3 Å². The summed E-state index contributed by atoms with van der Waals surface area (Å²) in [6.45, 7) is 0.308. The number of hydrogen-bond donors (Lipinski definition) is 2. The van der Waals surface area contributed by atoms with Crippen molar-refractivity contribution >= 4 is 49.9 Å². The van der Waals surface area contributed by atoms with Crippen LogP contribution in [0, 0.1) is 0 Å². The Morgan fingerprint density at radius 3 is 2.77 bits per heavy atom. The second-order valence-corrected chi connectivity index (χ2v) is 7.61. The molecule has 0 radical (unpaired) electrons. The highest BCUT2D eigenvalue weighted by molar-refractivity contribution is 9.10. The monoisotopic (exact) mass is 473 g/mol. The van der Waals surface area contributed by atoms with Gasteiger partial charge in [-0.2, -0.15) is 0 Å². The fraction of sp³-hybridized carbons (Fsp3) is 0.190. The van der Waals surface area contributed by atoms with Crippen molar-refractivity contribution in [3.8, 4) is 5.75 Å². The molecule has 0 aliphatic carbocycles. The summed E-state index contributed by atoms with van der Waals surface area (Å²) in [5.74, 6) is -0.821. The summed E-state index contributed by atoms with van der Waals surface area (Å²) in [7, 11) is 5.04. The third-order valence-corrected chi connectivity index (χ3v) is 4.64. The van der Waals surface area contributed by atoms with E-state index >= 15 is 0 Å². The first-order valence-electron chi connectivity index (χ1n) is 9.04. The molecule has 3 aromatic rings. The number of anilines is 3. The number of carbonyl (C=O) groups is 1. The normalized spacial score (nSPS) is 11.6. The van der Waals surface area contributed by atoms with E-state index in [-0.39, 0.29) is 0 Å². The van der Waals surface area contributed by atoms with E-state index in [4.69, 9.17) is 4.74 Å². The van der Waals surface area contributed by atoms with Crippen LogP contribution in [0.1, 0.15) is 0 Å². The zero-order chi connectivity index (χ0) is 21.7. The highest BCUT2D eigenvalue weighted by Gasteiger charge is 2.15. The van der Waals surface area contributed by atoms with Crippen LogP contribution < -0.4 is 15.4 Å². The summed E-state index contributed by atoms with van der Waals surface area (Å²) >= 11 is 3.44. The van der Waals surface area contributed by atoms with Crippen molar-refractivity contribution in [3.05, 3.63) is 59.1 Å². The lowest BCUT2D eigenvalue weighted by molar-refractivity contribution is -0.114. The number of amides is 1. The highest BCUT2D eigenvalue weighted by atomic mass is 79.9. The van der Waals surface area contributed by atoms with Gasteiger partial charge in [0.25, 0.3) is 5.91 Å². The number of ether oxygens (including phenoxy) is 1. The molecule has 1 amide bonds. The molecule has 156 valence electrons. The number of likely N-dealkylation sites (N-methyl/N-ethyl adjacent to an activating group) is 1. The SMILES string of the molecule is COc1cc2ncnc(Nc3cccc(Br)c3)c2cc1NC(=O)C(F)=CCN(C)C. The Bertz CT molecular complexity index is 1100. The second kappa shape index (κ2) is 9.64. The molecule has 2 N–H and O–H groups in total. The van der Waals surface area contributed by atoms with Crippen LogP contribution in [0.3, 0.4) is 0 Å². The number of fused-ring (bicyclic) bond motifs is 1. The van der Waals surface area contributed by atoms with Gasteiger partial charge >= 0.3 is 0 Å². The van der Waals surface area contributed by atoms with E-state index in [2.05, 4.69) is 36.5 Å². The highest BCUT2D eigenvalue weighted by Crippen LogP contribution is 2.33. The van der Waals surface area contributed by atoms with Gasteiger partial charge in [0.15, 0.2) is 5.83 Å². The zero-order valence-corrected chi connectivity index (χ0v) is 18.3. The molecule has 1 aromatic heterocycles. The number of nitrogens with one attached hydrogen (secondary N) is 2. The molecular formula is C21H21BrFN5O2. The number of rotatable bonds is 7. The molecule has 0 atom stereocenters. The third-order valence-electron chi connectivity index (χ3n) is 4.14. The molecule has 0 bridgehead atoms. The molecule has 9 heteroatoms. The van der Waals surface area contributed by atoms with E-state index in [1.165, 1.54) is 19.5 Å². The van der Waals surface area contributed by atoms with E-state index in [0.717, 1.165) is 10.2 Å². The molecule has 7 nitrogen and oxygen atoms in total. The minimum atomic E-state index is -0.873. The summed E-state index contributed by atoms with van der Waals surface area (Å²) in [5, 5.41) is 6.44. The topological polar surface area (TPSA) is 79.4 Å². The van der Waals surface area contributed by atoms with E-state index in [0.29, 0.717) is 34.7 Å². The van der Waals surface area contributed by atoms with Crippen LogP contribution in [-0.4, -0.2) is 48.5 Å². The number of aromatic nitrogens is 2. The minimum absolute atomic E-state index is 0.308. The van der Waals surface area contributed by atoms with Gasteiger partial charge in [0, 0.05) is 28.2 Å². The van der Waals surface area contributed by atoms with Crippen molar-refractivity contribution in [3.63, 3.8) is 0 Å². The Hall–Kier alpha value is -3.04. The molecule has 1 heterocycles. The van der Waals surface area contributed by atoms with Gasteiger partial charge in [-0.05, 0) is 44.4 Å². The van der Waals surface area contributed by atoms with Crippen LogP contribution in [0.15, 0.2) is 59.1 Å². The Balaban J connectivity index is 1.96. The fourth-order valence-corrected chi connectivity index (χ4v) is 3.09. The van der Waals surface area contributed by atoms with Gasteiger partial charge in [-0.3, -0.25) is 4.79 Å². The van der Waals surface area contributed by atoms with Crippen LogP contribution in [0.5, 0.6) is 5.75 Å². The largest absolute Gasteiger partial charge is 0.494 e. The average Bonchev–Trinajstić information content (AvgIpc) is 2.72. The number of hydrogen-bond acceptors (Lipinski definition) is 6. The van der Waals surface area contributed by atoms with Gasteiger partial charge in [0.1, 0.15) is 17.9 Å². The average molecular weight is 474 g/mol. The number of nitrogens with zero attached hydrogens (tertiary/aromatic N) is 3. The molecule has 0 spiro atoms. The first-order chi connectivity index (χ1) is 14.4. The summed E-state index contributed by atoms with van der Waals surface area (Å²) < 4.78 is 20.4. The number of halogens is 2. The predicted molar refractivity (Wildman–Crippen MR) is 120 cm³/mol. The lowest BCUT2D eigenvalue weighted by atomic mass is 10.1. The lowest BCUT2D eigenvalue weighted by Gasteiger charge is -2.14. The van der Waals surface area contributed by atoms with E-state index in [1.807, 2.05) is 24.3 Å². The number of benzene rings is 2. The van der Waals surface area contributed by atoms with Gasteiger partial charge in [0.2, 0.25) is 0 Å². The Labute approximate surface area is 182 Å². The van der Waals surface area contributed by atoms with Crippen LogP contribution in [0.4, 0.5) is 21.6 Å². The Morgan fingerprint density at radius 1 is 1.27 bits per heavy atom. The molecule has 0 saturated carbocycles. The van der Waals surface area contributed by atoms with Gasteiger partial charge in [-0.1, -0.05) is 22.0 Å². The molecule has 0 saturated heterocycles. The summed E-state index contributed by atoms with van der Waals surface area (Å²) in [6.07, 6.45) is 2.65. The molecule has 30 heavy (non-hydrogen) atoms. The molecule has 0 aliphatic heterocycles. The van der Waals surface area contributed by atoms with Crippen LogP contribution >= 0.6 is 15.9 Å². The number of carbonyl (C=O) groups excluding carboxylic acids is 1. The van der Waals surface area contributed by atoms with Crippen molar-refractivity contribution in [2.24, 2.45) is 0 Å². The Morgan fingerprint density at radius 2 is 2.07 bits per heavy atom. The fourth-order valence-electron chi connectivity index (χ4n) is 2.69. The standard InChI is InChI=1S/C21H21BrFN5O2/c1-28(2)8-7-16(23)21(29)27-18-10-15-17(11-19(18)30-3)24-12-25-20(15)26-14-6-4-5-13(22)9-14/h4-7,9-12H,8H2,1-3H3,(H,27,29)(H,24,25,26). The van der Waals surface area contributed by atoms with Crippen molar-refractivity contribution in [1.82, 2.24) is 14.9 Å². The maximum Gasteiger partial charge on any atom is 0.284 e. The summed E-state index contributed by atoms with van der Waals surface area (Å²) in [5.41, 5.74) is 1.75. The first-order valence-corrected chi connectivity index (χ1v) is 9.83. The van der Waals surface area contributed by atoms with Crippen LogP contribution in [0.25, 0.3) is 10.9 Å². The molecule has 0 fully saturated rings. The van der Waals surface area contributed by atoms with Crippen LogP contribution in [0.2, 0.25) is 0 Å². The second-order valence-electron chi connectivity index (χ2n) is 6.70. The molecule has 3 rings (SSSR count). The third kappa shape index (κ3) is 5.31. The molecule has 0 unspecified atom stereocenters. The van der Waals surface area contributed by atoms with E-state index in [9.17, 15) is 9.18 Å². The van der Waals surface area contributed by atoms with Crippen molar-refractivity contribution in [2.45, 2.75) is 0 Å². The molecule has 0 aliphatic rings. The smallest absolute Gasteiger partial charge is 0.284 e. The van der Waals surface area contributed by atoms with Crippen LogP contribution in [-0.2, 0) is 4.79 Å². The number of methoxy groups -OCH3 is 1. The van der Waals surface area contributed by atoms with Gasteiger partial charge in [-0.15, -0.1) is 0 Å². The van der Waals surface area contributed by atoms with E-state index in [1.54, 1.807) is 31.1 Å². The van der Waals surface area contributed by atoms with E-state index < -0.39 is 11.7 Å². The lowest BCUT2D eigenvalue weighted by Crippen LogP contribution is -2.16. The van der Waals surface area contributed by atoms with Gasteiger partial charge in [-0.25, -0.2) is 14.4 Å².